The third-order valence-corrected chi connectivity index (χ3v) is 5.40. The van der Waals surface area contributed by atoms with Gasteiger partial charge in [0.05, 0.1) is 11.0 Å². The minimum atomic E-state index is 0.951. The standard InChI is InChI=1S/C23H21N4/c1-16-9-4-5-10-17(16)19-13-8-14-21(25(19)2)22-15-27-20-12-7-6-11-18(20)24-23(27)26(22)3/h4-15H,1-3H3/q+1. The van der Waals surface area contributed by atoms with Crippen LogP contribution in [0.2, 0.25) is 0 Å². The Morgan fingerprint density at radius 2 is 1.59 bits per heavy atom. The molecule has 0 fully saturated rings. The van der Waals surface area contributed by atoms with E-state index in [1.807, 2.05) is 6.07 Å². The highest BCUT2D eigenvalue weighted by molar-refractivity contribution is 5.81. The number of fused-ring (bicyclic) bond motifs is 3. The first-order chi connectivity index (χ1) is 13.1. The first-order valence-corrected chi connectivity index (χ1v) is 9.13. The molecule has 0 amide bonds. The minimum Gasteiger partial charge on any atom is -0.308 e. The van der Waals surface area contributed by atoms with E-state index in [4.69, 9.17) is 4.98 Å². The van der Waals surface area contributed by atoms with Gasteiger partial charge in [0.25, 0.3) is 0 Å². The SMILES string of the molecule is Cc1ccccc1-c1cccc(-c2cn3c4ccccc4nc3n2C)[n+]1C. The highest BCUT2D eigenvalue weighted by Gasteiger charge is 2.22. The smallest absolute Gasteiger partial charge is 0.231 e. The van der Waals surface area contributed by atoms with Crippen molar-refractivity contribution in [3.8, 4) is 22.6 Å². The Kier molecular flexibility index (Phi) is 3.41. The van der Waals surface area contributed by atoms with E-state index in [9.17, 15) is 0 Å². The molecule has 0 saturated heterocycles. The molecule has 2 aromatic carbocycles. The van der Waals surface area contributed by atoms with Gasteiger partial charge >= 0.3 is 0 Å². The molecular weight excluding hydrogens is 332 g/mol. The number of benzene rings is 2. The first kappa shape index (κ1) is 15.8. The molecule has 0 aliphatic rings. The maximum Gasteiger partial charge on any atom is 0.231 e. The van der Waals surface area contributed by atoms with E-state index >= 15 is 0 Å². The molecular formula is C23H21N4+. The fourth-order valence-electron chi connectivity index (χ4n) is 3.92. The van der Waals surface area contributed by atoms with Crippen LogP contribution in [0.5, 0.6) is 0 Å². The Hall–Kier alpha value is -3.40. The predicted molar refractivity (Wildman–Crippen MR) is 108 cm³/mol. The van der Waals surface area contributed by atoms with Crippen LogP contribution >= 0.6 is 0 Å². The number of nitrogens with zero attached hydrogens (tertiary/aromatic N) is 4. The summed E-state index contributed by atoms with van der Waals surface area (Å²) >= 11 is 0. The van der Waals surface area contributed by atoms with Crippen molar-refractivity contribution in [2.45, 2.75) is 6.92 Å². The van der Waals surface area contributed by atoms with Crippen molar-refractivity contribution in [1.29, 1.82) is 0 Å². The molecule has 5 rings (SSSR count). The number of aromatic nitrogens is 4. The van der Waals surface area contributed by atoms with E-state index in [0.29, 0.717) is 0 Å². The fraction of sp³-hybridized carbons (Fsp3) is 0.130. The molecule has 0 bridgehead atoms. The molecule has 4 nitrogen and oxygen atoms in total. The number of hydrogen-bond acceptors (Lipinski definition) is 1. The topological polar surface area (TPSA) is 26.1 Å². The summed E-state index contributed by atoms with van der Waals surface area (Å²) in [6.07, 6.45) is 2.18. The van der Waals surface area contributed by atoms with Crippen molar-refractivity contribution >= 4 is 16.8 Å². The van der Waals surface area contributed by atoms with Gasteiger partial charge < -0.3 is 4.57 Å². The van der Waals surface area contributed by atoms with E-state index in [-0.39, 0.29) is 0 Å². The zero-order valence-corrected chi connectivity index (χ0v) is 15.7. The third-order valence-electron chi connectivity index (χ3n) is 5.40. The van der Waals surface area contributed by atoms with Crippen molar-refractivity contribution < 1.29 is 4.57 Å². The second-order valence-electron chi connectivity index (χ2n) is 7.01. The first-order valence-electron chi connectivity index (χ1n) is 9.13. The summed E-state index contributed by atoms with van der Waals surface area (Å²) in [5.74, 6) is 0.951. The van der Waals surface area contributed by atoms with Crippen LogP contribution in [-0.2, 0) is 14.1 Å². The maximum atomic E-state index is 4.80. The van der Waals surface area contributed by atoms with Gasteiger partial charge in [0, 0.05) is 30.9 Å². The van der Waals surface area contributed by atoms with E-state index in [2.05, 4.69) is 101 Å². The van der Waals surface area contributed by atoms with Gasteiger partial charge in [-0.2, -0.15) is 4.57 Å². The summed E-state index contributed by atoms with van der Waals surface area (Å²) in [4.78, 5) is 4.80. The largest absolute Gasteiger partial charge is 0.308 e. The maximum absolute atomic E-state index is 4.80. The minimum absolute atomic E-state index is 0.951. The number of hydrogen-bond donors (Lipinski definition) is 0. The van der Waals surface area contributed by atoms with Crippen LogP contribution in [0.4, 0.5) is 0 Å². The van der Waals surface area contributed by atoms with Crippen molar-refractivity contribution in [3.63, 3.8) is 0 Å². The summed E-state index contributed by atoms with van der Waals surface area (Å²) in [5.41, 5.74) is 8.19. The number of imidazole rings is 2. The average Bonchev–Trinajstić information content (AvgIpc) is 3.20. The zero-order chi connectivity index (χ0) is 18.5. The zero-order valence-electron chi connectivity index (χ0n) is 15.7. The number of aryl methyl sites for hydroxylation is 2. The molecule has 132 valence electrons. The van der Waals surface area contributed by atoms with Crippen LogP contribution in [0, 0.1) is 6.92 Å². The number of para-hydroxylation sites is 2. The van der Waals surface area contributed by atoms with Crippen LogP contribution < -0.4 is 4.57 Å². The molecule has 3 heterocycles. The van der Waals surface area contributed by atoms with Gasteiger partial charge in [0.1, 0.15) is 12.7 Å². The summed E-state index contributed by atoms with van der Waals surface area (Å²) < 4.78 is 6.60. The normalized spacial score (nSPS) is 11.5. The van der Waals surface area contributed by atoms with Gasteiger partial charge in [-0.25, -0.2) is 4.98 Å². The molecule has 0 saturated carbocycles. The summed E-state index contributed by atoms with van der Waals surface area (Å²) in [6.45, 7) is 2.16. The Bertz CT molecular complexity index is 1310. The molecule has 0 radical (unpaired) electrons. The van der Waals surface area contributed by atoms with E-state index in [1.165, 1.54) is 16.8 Å². The predicted octanol–water partition coefficient (Wildman–Crippen LogP) is 4.29. The second-order valence-corrected chi connectivity index (χ2v) is 7.01. The molecule has 27 heavy (non-hydrogen) atoms. The van der Waals surface area contributed by atoms with Crippen LogP contribution in [0.1, 0.15) is 5.56 Å². The number of rotatable bonds is 2. The van der Waals surface area contributed by atoms with Crippen molar-refractivity contribution in [3.05, 3.63) is 78.5 Å². The van der Waals surface area contributed by atoms with E-state index in [1.54, 1.807) is 0 Å². The van der Waals surface area contributed by atoms with Gasteiger partial charge in [-0.3, -0.25) is 4.40 Å². The molecule has 0 aliphatic heterocycles. The molecule has 0 aliphatic carbocycles. The van der Waals surface area contributed by atoms with Gasteiger partial charge in [-0.15, -0.1) is 0 Å². The average molecular weight is 353 g/mol. The van der Waals surface area contributed by atoms with Crippen LogP contribution in [0.3, 0.4) is 0 Å². The Morgan fingerprint density at radius 3 is 2.44 bits per heavy atom. The molecule has 3 aromatic heterocycles. The third kappa shape index (κ3) is 2.30. The molecule has 0 atom stereocenters. The van der Waals surface area contributed by atoms with Crippen LogP contribution in [0.25, 0.3) is 39.5 Å². The molecule has 0 N–H and O–H groups in total. The fourth-order valence-corrected chi connectivity index (χ4v) is 3.92. The van der Waals surface area contributed by atoms with E-state index in [0.717, 1.165) is 28.2 Å². The highest BCUT2D eigenvalue weighted by atomic mass is 15.2. The van der Waals surface area contributed by atoms with Gasteiger partial charge in [0.15, 0.2) is 0 Å². The lowest BCUT2D eigenvalue weighted by Gasteiger charge is -2.07. The Balaban J connectivity index is 1.75. The lowest BCUT2D eigenvalue weighted by Crippen LogP contribution is -2.34. The summed E-state index contributed by atoms with van der Waals surface area (Å²) in [6, 6.07) is 23.2. The Labute approximate surface area is 158 Å². The lowest BCUT2D eigenvalue weighted by atomic mass is 10.0. The second kappa shape index (κ2) is 5.81. The van der Waals surface area contributed by atoms with Gasteiger partial charge in [-0.1, -0.05) is 30.3 Å². The van der Waals surface area contributed by atoms with Crippen molar-refractivity contribution in [1.82, 2.24) is 14.0 Å². The van der Waals surface area contributed by atoms with Crippen molar-refractivity contribution in [2.75, 3.05) is 0 Å². The van der Waals surface area contributed by atoms with Gasteiger partial charge in [-0.05, 0) is 36.8 Å². The molecule has 0 unspecified atom stereocenters. The van der Waals surface area contributed by atoms with Crippen LogP contribution in [-0.4, -0.2) is 14.0 Å². The quantitative estimate of drug-likeness (QED) is 0.435. The molecule has 0 spiro atoms. The lowest BCUT2D eigenvalue weighted by molar-refractivity contribution is -0.649. The van der Waals surface area contributed by atoms with Crippen molar-refractivity contribution in [2.24, 2.45) is 14.1 Å². The molecule has 4 heteroatoms. The number of pyridine rings is 1. The monoisotopic (exact) mass is 353 g/mol. The Morgan fingerprint density at radius 1 is 0.852 bits per heavy atom. The molecule has 5 aromatic rings. The van der Waals surface area contributed by atoms with Crippen LogP contribution in [0.15, 0.2) is 72.9 Å². The summed E-state index contributed by atoms with van der Waals surface area (Å²) in [7, 11) is 4.21. The van der Waals surface area contributed by atoms with Gasteiger partial charge in [0.2, 0.25) is 17.2 Å². The van der Waals surface area contributed by atoms with E-state index < -0.39 is 0 Å². The summed E-state index contributed by atoms with van der Waals surface area (Å²) in [5, 5.41) is 0. The highest BCUT2D eigenvalue weighted by Crippen LogP contribution is 2.26.